The molecule has 0 aromatic heterocycles. The first kappa shape index (κ1) is 25.4. The third kappa shape index (κ3) is 13.4. The fourth-order valence-corrected chi connectivity index (χ4v) is 1.84. The molecule has 126 valence electrons. The van der Waals surface area contributed by atoms with Crippen molar-refractivity contribution in [3.63, 3.8) is 0 Å². The second-order valence-electron chi connectivity index (χ2n) is 4.61. The molecular formula is C22H38. The molecule has 2 aromatic rings. The van der Waals surface area contributed by atoms with E-state index in [1.54, 1.807) is 0 Å². The van der Waals surface area contributed by atoms with E-state index in [1.165, 1.54) is 24.8 Å². The summed E-state index contributed by atoms with van der Waals surface area (Å²) in [5, 5.41) is 0. The second kappa shape index (κ2) is 19.4. The Hall–Kier alpha value is -1.56. The number of rotatable bonds is 4. The fourth-order valence-electron chi connectivity index (χ4n) is 1.84. The van der Waals surface area contributed by atoms with Crippen molar-refractivity contribution in [2.75, 3.05) is 0 Å². The molecule has 0 heterocycles. The van der Waals surface area contributed by atoms with Crippen LogP contribution in [0, 0.1) is 0 Å². The fraction of sp³-hybridized carbons (Fsp3) is 0.455. The third-order valence-electron chi connectivity index (χ3n) is 3.03. The minimum atomic E-state index is 0. The van der Waals surface area contributed by atoms with E-state index in [0.29, 0.717) is 0 Å². The van der Waals surface area contributed by atoms with Gasteiger partial charge in [0.15, 0.2) is 0 Å². The van der Waals surface area contributed by atoms with Crippen LogP contribution in [0.4, 0.5) is 0 Å². The van der Waals surface area contributed by atoms with Gasteiger partial charge < -0.3 is 0 Å². The van der Waals surface area contributed by atoms with Gasteiger partial charge in [-0.2, -0.15) is 0 Å². The average Bonchev–Trinajstić information content (AvgIpc) is 2.57. The van der Waals surface area contributed by atoms with Gasteiger partial charge in [-0.05, 0) is 17.9 Å². The van der Waals surface area contributed by atoms with Crippen LogP contribution in [0.15, 0.2) is 66.7 Å². The Kier molecular flexibility index (Phi) is 22.4. The van der Waals surface area contributed by atoms with E-state index >= 15 is 0 Å². The molecule has 2 rings (SSSR count). The van der Waals surface area contributed by atoms with Crippen LogP contribution in [-0.2, 0) is 0 Å². The smallest absolute Gasteiger partial charge is 0.0190 e. The van der Waals surface area contributed by atoms with Crippen LogP contribution in [0.2, 0.25) is 0 Å². The standard InChI is InChI=1S/C12H18.C6H6.C2H6.2CH4/c1-3-4-8-11(2)12-9-6-5-7-10-12;1-2-4-6-5-3-1;1-2;;/h5-7,9-11H,3-4,8H2,1-2H3;1-6H;1-2H3;2*1H4. The van der Waals surface area contributed by atoms with Crippen LogP contribution < -0.4 is 0 Å². The zero-order chi connectivity index (χ0) is 15.1. The van der Waals surface area contributed by atoms with Crippen molar-refractivity contribution in [1.82, 2.24) is 0 Å². The summed E-state index contributed by atoms with van der Waals surface area (Å²) in [6.07, 6.45) is 3.97. The van der Waals surface area contributed by atoms with Gasteiger partial charge >= 0.3 is 0 Å². The summed E-state index contributed by atoms with van der Waals surface area (Å²) in [5.74, 6) is 0.728. The summed E-state index contributed by atoms with van der Waals surface area (Å²) in [5.41, 5.74) is 1.48. The largest absolute Gasteiger partial charge is 0.0776 e. The molecule has 0 amide bonds. The Labute approximate surface area is 140 Å². The van der Waals surface area contributed by atoms with E-state index in [9.17, 15) is 0 Å². The van der Waals surface area contributed by atoms with E-state index in [-0.39, 0.29) is 14.9 Å². The van der Waals surface area contributed by atoms with Gasteiger partial charge in [0.2, 0.25) is 0 Å². The van der Waals surface area contributed by atoms with Crippen LogP contribution >= 0.6 is 0 Å². The van der Waals surface area contributed by atoms with Gasteiger partial charge in [-0.3, -0.25) is 0 Å². The first-order valence-electron chi connectivity index (χ1n) is 7.89. The van der Waals surface area contributed by atoms with Crippen molar-refractivity contribution in [1.29, 1.82) is 0 Å². The molecule has 0 spiro atoms. The van der Waals surface area contributed by atoms with Crippen molar-refractivity contribution in [2.45, 2.75) is 67.7 Å². The highest BCUT2D eigenvalue weighted by atomic mass is 14.1. The summed E-state index contributed by atoms with van der Waals surface area (Å²) in [6.45, 7) is 8.56. The summed E-state index contributed by atoms with van der Waals surface area (Å²) in [7, 11) is 0. The van der Waals surface area contributed by atoms with E-state index in [4.69, 9.17) is 0 Å². The highest BCUT2D eigenvalue weighted by Gasteiger charge is 2.02. The van der Waals surface area contributed by atoms with E-state index < -0.39 is 0 Å². The maximum atomic E-state index is 2.31. The highest BCUT2D eigenvalue weighted by Crippen LogP contribution is 2.20. The Morgan fingerprint density at radius 1 is 0.727 bits per heavy atom. The Balaban J connectivity index is -0.000000309. The lowest BCUT2D eigenvalue weighted by atomic mass is 9.96. The molecule has 1 atom stereocenters. The first-order valence-corrected chi connectivity index (χ1v) is 7.89. The molecule has 0 aliphatic rings. The van der Waals surface area contributed by atoms with Crippen LogP contribution in [0.5, 0.6) is 0 Å². The van der Waals surface area contributed by atoms with Crippen molar-refractivity contribution < 1.29 is 0 Å². The number of unbranched alkanes of at least 4 members (excludes halogenated alkanes) is 1. The van der Waals surface area contributed by atoms with Gasteiger partial charge in [0, 0.05) is 0 Å². The van der Waals surface area contributed by atoms with Gasteiger partial charge in [0.1, 0.15) is 0 Å². The zero-order valence-electron chi connectivity index (χ0n) is 13.5. The number of hydrogen-bond donors (Lipinski definition) is 0. The van der Waals surface area contributed by atoms with Crippen LogP contribution in [-0.4, -0.2) is 0 Å². The topological polar surface area (TPSA) is 0 Å². The monoisotopic (exact) mass is 302 g/mol. The lowest BCUT2D eigenvalue weighted by molar-refractivity contribution is 0.624. The van der Waals surface area contributed by atoms with Crippen LogP contribution in [0.1, 0.15) is 73.3 Å². The van der Waals surface area contributed by atoms with Crippen molar-refractivity contribution in [2.24, 2.45) is 0 Å². The maximum absolute atomic E-state index is 2.31. The molecule has 22 heavy (non-hydrogen) atoms. The molecule has 0 saturated carbocycles. The van der Waals surface area contributed by atoms with Gasteiger partial charge in [-0.15, -0.1) is 0 Å². The van der Waals surface area contributed by atoms with Gasteiger partial charge in [0.25, 0.3) is 0 Å². The first-order chi connectivity index (χ1) is 9.84. The van der Waals surface area contributed by atoms with Crippen molar-refractivity contribution in [3.8, 4) is 0 Å². The summed E-state index contributed by atoms with van der Waals surface area (Å²) in [6, 6.07) is 22.8. The lowest BCUT2D eigenvalue weighted by Crippen LogP contribution is -1.92. The van der Waals surface area contributed by atoms with Crippen LogP contribution in [0.3, 0.4) is 0 Å². The van der Waals surface area contributed by atoms with Crippen LogP contribution in [0.25, 0.3) is 0 Å². The Morgan fingerprint density at radius 3 is 1.45 bits per heavy atom. The van der Waals surface area contributed by atoms with Crippen molar-refractivity contribution in [3.05, 3.63) is 72.3 Å². The number of benzene rings is 2. The predicted molar refractivity (Wildman–Crippen MR) is 106 cm³/mol. The average molecular weight is 303 g/mol. The third-order valence-corrected chi connectivity index (χ3v) is 3.03. The summed E-state index contributed by atoms with van der Waals surface area (Å²) >= 11 is 0. The molecular weight excluding hydrogens is 264 g/mol. The Morgan fingerprint density at radius 2 is 1.09 bits per heavy atom. The van der Waals surface area contributed by atoms with Gasteiger partial charge in [-0.25, -0.2) is 0 Å². The predicted octanol–water partition coefficient (Wildman–Crippen LogP) is 7.97. The molecule has 0 fully saturated rings. The lowest BCUT2D eigenvalue weighted by Gasteiger charge is -2.10. The molecule has 0 bridgehead atoms. The SMILES string of the molecule is C.C.CC.CCCCC(C)c1ccccc1.c1ccccc1. The molecule has 0 N–H and O–H groups in total. The molecule has 1 unspecified atom stereocenters. The van der Waals surface area contributed by atoms with E-state index in [1.807, 2.05) is 50.2 Å². The quantitative estimate of drug-likeness (QED) is 0.537. The molecule has 0 aliphatic heterocycles. The normalized spacial score (nSPS) is 9.45. The van der Waals surface area contributed by atoms with E-state index in [0.717, 1.165) is 5.92 Å². The molecule has 0 radical (unpaired) electrons. The summed E-state index contributed by atoms with van der Waals surface area (Å²) < 4.78 is 0. The molecule has 0 heteroatoms. The zero-order valence-corrected chi connectivity index (χ0v) is 13.5. The van der Waals surface area contributed by atoms with E-state index in [2.05, 4.69) is 44.2 Å². The Bertz CT molecular complexity index is 351. The highest BCUT2D eigenvalue weighted by molar-refractivity contribution is 5.18. The maximum Gasteiger partial charge on any atom is -0.0190 e. The van der Waals surface area contributed by atoms with Crippen molar-refractivity contribution >= 4 is 0 Å². The number of hydrogen-bond acceptors (Lipinski definition) is 0. The molecule has 2 aromatic carbocycles. The minimum Gasteiger partial charge on any atom is -0.0776 e. The minimum absolute atomic E-state index is 0. The van der Waals surface area contributed by atoms with Gasteiger partial charge in [-0.1, -0.05) is 122 Å². The molecule has 0 aliphatic carbocycles. The van der Waals surface area contributed by atoms with Gasteiger partial charge in [0.05, 0.1) is 0 Å². The summed E-state index contributed by atoms with van der Waals surface area (Å²) in [4.78, 5) is 0. The molecule has 0 nitrogen and oxygen atoms in total. The second-order valence-corrected chi connectivity index (χ2v) is 4.61. The molecule has 0 saturated heterocycles.